The van der Waals surface area contributed by atoms with E-state index < -0.39 is 6.23 Å². The van der Waals surface area contributed by atoms with Gasteiger partial charge in [-0.05, 0) is 34.7 Å². The lowest BCUT2D eigenvalue weighted by molar-refractivity contribution is 0.0669. The molecule has 0 saturated carbocycles. The second-order valence-electron chi connectivity index (χ2n) is 2.83. The lowest BCUT2D eigenvalue weighted by Crippen LogP contribution is -2.37. The molecule has 0 bridgehead atoms. The van der Waals surface area contributed by atoms with Crippen molar-refractivity contribution in [2.45, 2.75) is 6.23 Å². The molecule has 0 aliphatic heterocycles. The summed E-state index contributed by atoms with van der Waals surface area (Å²) in [6.45, 7) is 0. The molecule has 5 heteroatoms. The summed E-state index contributed by atoms with van der Waals surface area (Å²) in [5.74, 6) is 0.0542. The monoisotopic (exact) mass is 339 g/mol. The van der Waals surface area contributed by atoms with Crippen LogP contribution in [0.5, 0.6) is 0 Å². The Morgan fingerprint density at radius 1 is 1.60 bits per heavy atom. The predicted molar refractivity (Wildman–Crippen MR) is 68.1 cm³/mol. The van der Waals surface area contributed by atoms with E-state index in [1.807, 2.05) is 18.2 Å². The summed E-state index contributed by atoms with van der Waals surface area (Å²) in [5, 5.41) is 2.68. The molecule has 0 aliphatic carbocycles. The quantitative estimate of drug-likeness (QED) is 0.519. The maximum atomic E-state index is 11.7. The predicted octanol–water partition coefficient (Wildman–Crippen LogP) is 2.23. The van der Waals surface area contributed by atoms with Gasteiger partial charge in [0.25, 0.3) is 5.91 Å². The number of carbonyl (C=O) groups excluding carboxylic acids is 1. The highest BCUT2D eigenvalue weighted by Crippen LogP contribution is 2.11. The number of halogens is 2. The number of ether oxygens (including phenoxy) is 1. The number of alkyl halides is 1. The van der Waals surface area contributed by atoms with Crippen molar-refractivity contribution in [3.63, 3.8) is 0 Å². The number of amides is 1. The first-order chi connectivity index (χ1) is 7.19. The van der Waals surface area contributed by atoms with Gasteiger partial charge < -0.3 is 10.1 Å². The van der Waals surface area contributed by atoms with Gasteiger partial charge in [-0.2, -0.15) is 0 Å². The first kappa shape index (κ1) is 12.7. The van der Waals surface area contributed by atoms with Crippen molar-refractivity contribution >= 4 is 40.1 Å². The molecule has 0 heterocycles. The molecule has 1 unspecified atom stereocenters. The van der Waals surface area contributed by atoms with Crippen LogP contribution in [-0.2, 0) is 4.74 Å². The van der Waals surface area contributed by atoms with Gasteiger partial charge in [0.1, 0.15) is 6.23 Å². The minimum absolute atomic E-state index is 0.174. The molecular formula is C10H11ClINO2. The zero-order valence-electron chi connectivity index (χ0n) is 8.17. The van der Waals surface area contributed by atoms with Gasteiger partial charge >= 0.3 is 0 Å². The number of rotatable bonds is 4. The van der Waals surface area contributed by atoms with E-state index in [4.69, 9.17) is 16.3 Å². The van der Waals surface area contributed by atoms with Crippen molar-refractivity contribution in [1.29, 1.82) is 0 Å². The van der Waals surface area contributed by atoms with Gasteiger partial charge in [-0.3, -0.25) is 4.79 Å². The molecule has 15 heavy (non-hydrogen) atoms. The fraction of sp³-hybridized carbons (Fsp3) is 0.300. The molecule has 0 radical (unpaired) electrons. The Hall–Kier alpha value is -0.330. The fourth-order valence-electron chi connectivity index (χ4n) is 1.03. The third kappa shape index (κ3) is 3.62. The number of hydrogen-bond donors (Lipinski definition) is 1. The van der Waals surface area contributed by atoms with Gasteiger partial charge in [-0.25, -0.2) is 0 Å². The summed E-state index contributed by atoms with van der Waals surface area (Å²) >= 11 is 7.71. The average Bonchev–Trinajstić information content (AvgIpc) is 2.26. The first-order valence-electron chi connectivity index (χ1n) is 4.33. The van der Waals surface area contributed by atoms with Crippen molar-refractivity contribution in [3.05, 3.63) is 33.4 Å². The smallest absolute Gasteiger partial charge is 0.254 e. The summed E-state index contributed by atoms with van der Waals surface area (Å²) in [6, 6.07) is 7.34. The van der Waals surface area contributed by atoms with Crippen LogP contribution in [0.3, 0.4) is 0 Å². The molecule has 1 atom stereocenters. The number of nitrogens with one attached hydrogen (secondary N) is 1. The minimum atomic E-state index is -0.449. The van der Waals surface area contributed by atoms with Crippen LogP contribution in [0.2, 0.25) is 0 Å². The average molecular weight is 340 g/mol. The molecule has 1 aromatic carbocycles. The zero-order valence-corrected chi connectivity index (χ0v) is 11.1. The van der Waals surface area contributed by atoms with Crippen LogP contribution in [0, 0.1) is 3.57 Å². The van der Waals surface area contributed by atoms with Crippen LogP contribution < -0.4 is 5.32 Å². The van der Waals surface area contributed by atoms with Gasteiger partial charge in [0.2, 0.25) is 0 Å². The minimum Gasteiger partial charge on any atom is -0.360 e. The molecule has 0 aromatic heterocycles. The highest BCUT2D eigenvalue weighted by Gasteiger charge is 2.13. The molecule has 0 fully saturated rings. The Labute approximate surface area is 107 Å². The molecule has 0 aliphatic rings. The van der Waals surface area contributed by atoms with E-state index in [9.17, 15) is 4.79 Å². The molecule has 1 N–H and O–H groups in total. The molecule has 82 valence electrons. The standard InChI is InChI=1S/C10H11ClINO2/c1-15-9(6-11)13-10(14)7-4-2-3-5-8(7)12/h2-5,9H,6H2,1H3,(H,13,14). The van der Waals surface area contributed by atoms with Crippen LogP contribution in [0.1, 0.15) is 10.4 Å². The summed E-state index contributed by atoms with van der Waals surface area (Å²) in [4.78, 5) is 11.7. The lowest BCUT2D eigenvalue weighted by atomic mass is 10.2. The van der Waals surface area contributed by atoms with Crippen molar-refractivity contribution in [3.8, 4) is 0 Å². The highest BCUT2D eigenvalue weighted by atomic mass is 127. The molecule has 1 rings (SSSR count). The maximum Gasteiger partial charge on any atom is 0.254 e. The van der Waals surface area contributed by atoms with Crippen molar-refractivity contribution in [2.24, 2.45) is 0 Å². The van der Waals surface area contributed by atoms with Crippen LogP contribution >= 0.6 is 34.2 Å². The number of methoxy groups -OCH3 is 1. The van der Waals surface area contributed by atoms with Crippen LogP contribution in [0.15, 0.2) is 24.3 Å². The third-order valence-corrected chi connectivity index (χ3v) is 3.06. The number of benzene rings is 1. The van der Waals surface area contributed by atoms with Crippen LogP contribution in [0.4, 0.5) is 0 Å². The molecule has 0 saturated heterocycles. The lowest BCUT2D eigenvalue weighted by Gasteiger charge is -2.14. The highest BCUT2D eigenvalue weighted by molar-refractivity contribution is 14.1. The Balaban J connectivity index is 2.73. The van der Waals surface area contributed by atoms with E-state index in [0.29, 0.717) is 5.56 Å². The van der Waals surface area contributed by atoms with E-state index >= 15 is 0 Å². The summed E-state index contributed by atoms with van der Waals surface area (Å²) in [6.07, 6.45) is -0.449. The Kier molecular flexibility index (Phi) is 5.35. The molecule has 1 amide bonds. The summed E-state index contributed by atoms with van der Waals surface area (Å²) in [7, 11) is 1.50. The summed E-state index contributed by atoms with van der Waals surface area (Å²) < 4.78 is 5.87. The van der Waals surface area contributed by atoms with E-state index in [2.05, 4.69) is 27.9 Å². The van der Waals surface area contributed by atoms with E-state index in [1.165, 1.54) is 7.11 Å². The summed E-state index contributed by atoms with van der Waals surface area (Å²) in [5.41, 5.74) is 0.630. The van der Waals surface area contributed by atoms with Crippen molar-refractivity contribution in [1.82, 2.24) is 5.32 Å². The molecule has 1 aromatic rings. The van der Waals surface area contributed by atoms with Crippen LogP contribution in [0.25, 0.3) is 0 Å². The van der Waals surface area contributed by atoms with Gasteiger partial charge in [0, 0.05) is 10.7 Å². The molecule has 0 spiro atoms. The van der Waals surface area contributed by atoms with Gasteiger partial charge in [-0.1, -0.05) is 12.1 Å². The second-order valence-corrected chi connectivity index (χ2v) is 4.30. The van der Waals surface area contributed by atoms with Gasteiger partial charge in [0.05, 0.1) is 11.4 Å². The third-order valence-electron chi connectivity index (χ3n) is 1.84. The molecule has 3 nitrogen and oxygen atoms in total. The number of hydrogen-bond acceptors (Lipinski definition) is 2. The Morgan fingerprint density at radius 3 is 2.80 bits per heavy atom. The number of carbonyl (C=O) groups is 1. The SMILES string of the molecule is COC(CCl)NC(=O)c1ccccc1I. The van der Waals surface area contributed by atoms with Crippen LogP contribution in [-0.4, -0.2) is 25.1 Å². The first-order valence-corrected chi connectivity index (χ1v) is 5.94. The normalized spacial score (nSPS) is 12.2. The Bertz CT molecular complexity index is 342. The van der Waals surface area contributed by atoms with Gasteiger partial charge in [0.15, 0.2) is 0 Å². The fourth-order valence-corrected chi connectivity index (χ4v) is 1.87. The second kappa shape index (κ2) is 6.30. The van der Waals surface area contributed by atoms with Gasteiger partial charge in [-0.15, -0.1) is 11.6 Å². The largest absolute Gasteiger partial charge is 0.360 e. The van der Waals surface area contributed by atoms with E-state index in [0.717, 1.165) is 3.57 Å². The van der Waals surface area contributed by atoms with E-state index in [1.54, 1.807) is 6.07 Å². The van der Waals surface area contributed by atoms with Crippen molar-refractivity contribution < 1.29 is 9.53 Å². The Morgan fingerprint density at radius 2 is 2.27 bits per heavy atom. The van der Waals surface area contributed by atoms with E-state index in [-0.39, 0.29) is 11.8 Å². The molecular weight excluding hydrogens is 328 g/mol. The zero-order chi connectivity index (χ0) is 11.3. The topological polar surface area (TPSA) is 38.3 Å². The van der Waals surface area contributed by atoms with Crippen molar-refractivity contribution in [2.75, 3.05) is 13.0 Å². The maximum absolute atomic E-state index is 11.7.